The van der Waals surface area contributed by atoms with E-state index in [2.05, 4.69) is 18.0 Å². The summed E-state index contributed by atoms with van der Waals surface area (Å²) in [5, 5.41) is 0. The van der Waals surface area contributed by atoms with Crippen molar-refractivity contribution in [2.24, 2.45) is 4.99 Å². The maximum absolute atomic E-state index is 5.46. The maximum Gasteiger partial charge on any atom is 0.119 e. The summed E-state index contributed by atoms with van der Waals surface area (Å²) in [5.74, 6) is 0.881. The molecule has 0 spiro atoms. The molecule has 92 valence electrons. The average Bonchev–Trinajstić information content (AvgIpc) is 2.39. The zero-order valence-corrected chi connectivity index (χ0v) is 10.8. The van der Waals surface area contributed by atoms with Crippen molar-refractivity contribution in [1.29, 1.82) is 0 Å². The van der Waals surface area contributed by atoms with Crippen LogP contribution in [0.25, 0.3) is 0 Å². The van der Waals surface area contributed by atoms with Crippen LogP contribution >= 0.6 is 0 Å². The minimum Gasteiger partial charge on any atom is -0.494 e. The highest BCUT2D eigenvalue weighted by molar-refractivity contribution is 5.82. The molecule has 0 aliphatic carbocycles. The quantitative estimate of drug-likeness (QED) is 0.735. The second-order valence-corrected chi connectivity index (χ2v) is 4.05. The number of hydrogen-bond donors (Lipinski definition) is 0. The van der Waals surface area contributed by atoms with Crippen LogP contribution in [0.2, 0.25) is 0 Å². The number of para-hydroxylation sites is 1. The Labute approximate surface area is 108 Å². The van der Waals surface area contributed by atoms with Crippen molar-refractivity contribution in [2.75, 3.05) is 6.61 Å². The molecule has 0 amide bonds. The third-order valence-electron chi connectivity index (χ3n) is 2.64. The van der Waals surface area contributed by atoms with E-state index < -0.39 is 0 Å². The lowest BCUT2D eigenvalue weighted by Gasteiger charge is -2.03. The monoisotopic (exact) mass is 239 g/mol. The van der Waals surface area contributed by atoms with Crippen LogP contribution in [0.15, 0.2) is 53.5 Å². The number of aliphatic imine (C=N–C) groups is 1. The van der Waals surface area contributed by atoms with Crippen LogP contribution in [-0.2, 0) is 0 Å². The fourth-order valence-electron chi connectivity index (χ4n) is 1.70. The fourth-order valence-corrected chi connectivity index (χ4v) is 1.70. The van der Waals surface area contributed by atoms with E-state index in [0.29, 0.717) is 6.61 Å². The van der Waals surface area contributed by atoms with Crippen molar-refractivity contribution in [3.63, 3.8) is 0 Å². The zero-order valence-electron chi connectivity index (χ0n) is 10.8. The van der Waals surface area contributed by atoms with Crippen molar-refractivity contribution < 1.29 is 4.74 Å². The molecule has 0 fully saturated rings. The van der Waals surface area contributed by atoms with Gasteiger partial charge in [0.15, 0.2) is 0 Å². The van der Waals surface area contributed by atoms with Gasteiger partial charge < -0.3 is 4.74 Å². The molecule has 0 radical (unpaired) electrons. The molecular formula is C16H17NO. The van der Waals surface area contributed by atoms with Gasteiger partial charge in [0.05, 0.1) is 12.3 Å². The van der Waals surface area contributed by atoms with E-state index in [1.165, 1.54) is 5.56 Å². The van der Waals surface area contributed by atoms with Crippen LogP contribution in [0.5, 0.6) is 5.75 Å². The molecule has 2 aromatic carbocycles. The summed E-state index contributed by atoms with van der Waals surface area (Å²) in [6, 6.07) is 16.0. The molecule has 0 N–H and O–H groups in total. The van der Waals surface area contributed by atoms with Crippen LogP contribution in [-0.4, -0.2) is 12.8 Å². The second-order valence-electron chi connectivity index (χ2n) is 4.05. The van der Waals surface area contributed by atoms with Gasteiger partial charge >= 0.3 is 0 Å². The standard InChI is InChI=1S/C16H17NO/c1-3-18-15-9-6-8-14(11-15)12-17-16-10-5-4-7-13(16)2/h4-12H,3H2,1-2H3. The molecule has 2 rings (SSSR count). The van der Waals surface area contributed by atoms with Crippen molar-refractivity contribution in [1.82, 2.24) is 0 Å². The first kappa shape index (κ1) is 12.4. The van der Waals surface area contributed by atoms with Crippen LogP contribution in [0.1, 0.15) is 18.1 Å². The highest BCUT2D eigenvalue weighted by Gasteiger charge is 1.95. The number of hydrogen-bond acceptors (Lipinski definition) is 2. The van der Waals surface area contributed by atoms with Crippen LogP contribution in [0, 0.1) is 6.92 Å². The lowest BCUT2D eigenvalue weighted by molar-refractivity contribution is 0.340. The summed E-state index contributed by atoms with van der Waals surface area (Å²) in [4.78, 5) is 4.50. The first-order valence-corrected chi connectivity index (χ1v) is 6.12. The molecule has 0 saturated carbocycles. The van der Waals surface area contributed by atoms with E-state index in [0.717, 1.165) is 17.0 Å². The SMILES string of the molecule is CCOc1cccc(C=Nc2ccccc2C)c1. The van der Waals surface area contributed by atoms with Gasteiger partial charge in [-0.05, 0) is 43.2 Å². The lowest BCUT2D eigenvalue weighted by Crippen LogP contribution is -1.92. The highest BCUT2D eigenvalue weighted by atomic mass is 16.5. The number of ether oxygens (including phenoxy) is 1. The summed E-state index contributed by atoms with van der Waals surface area (Å²) < 4.78 is 5.46. The minimum absolute atomic E-state index is 0.679. The number of rotatable bonds is 4. The van der Waals surface area contributed by atoms with Gasteiger partial charge in [-0.1, -0.05) is 30.3 Å². The number of aryl methyl sites for hydroxylation is 1. The number of nitrogens with zero attached hydrogens (tertiary/aromatic N) is 1. The molecule has 2 nitrogen and oxygen atoms in total. The minimum atomic E-state index is 0.679. The van der Waals surface area contributed by atoms with E-state index in [1.54, 1.807) is 0 Å². The van der Waals surface area contributed by atoms with E-state index >= 15 is 0 Å². The van der Waals surface area contributed by atoms with Gasteiger partial charge in [-0.2, -0.15) is 0 Å². The van der Waals surface area contributed by atoms with Crippen molar-refractivity contribution >= 4 is 11.9 Å². The Kier molecular flexibility index (Phi) is 4.13. The molecular weight excluding hydrogens is 222 g/mol. The molecule has 2 aromatic rings. The number of benzene rings is 2. The predicted octanol–water partition coefficient (Wildman–Crippen LogP) is 4.14. The zero-order chi connectivity index (χ0) is 12.8. The van der Waals surface area contributed by atoms with Crippen LogP contribution in [0.4, 0.5) is 5.69 Å². The molecule has 0 bridgehead atoms. The van der Waals surface area contributed by atoms with Gasteiger partial charge in [-0.3, -0.25) is 4.99 Å². The topological polar surface area (TPSA) is 21.6 Å². The summed E-state index contributed by atoms with van der Waals surface area (Å²) in [6.45, 7) is 4.72. The third-order valence-corrected chi connectivity index (χ3v) is 2.64. The van der Waals surface area contributed by atoms with Gasteiger partial charge in [-0.15, -0.1) is 0 Å². The van der Waals surface area contributed by atoms with E-state index in [-0.39, 0.29) is 0 Å². The molecule has 0 aliphatic heterocycles. The van der Waals surface area contributed by atoms with Gasteiger partial charge in [0, 0.05) is 6.21 Å². The van der Waals surface area contributed by atoms with E-state index in [1.807, 2.05) is 55.6 Å². The van der Waals surface area contributed by atoms with Gasteiger partial charge in [0.2, 0.25) is 0 Å². The maximum atomic E-state index is 5.46. The van der Waals surface area contributed by atoms with Gasteiger partial charge in [0.25, 0.3) is 0 Å². The van der Waals surface area contributed by atoms with Crippen LogP contribution in [0.3, 0.4) is 0 Å². The Balaban J connectivity index is 2.18. The Morgan fingerprint density at radius 2 is 1.94 bits per heavy atom. The van der Waals surface area contributed by atoms with Crippen LogP contribution < -0.4 is 4.74 Å². The van der Waals surface area contributed by atoms with E-state index in [4.69, 9.17) is 4.74 Å². The molecule has 0 saturated heterocycles. The third kappa shape index (κ3) is 3.20. The molecule has 2 heteroatoms. The normalized spacial score (nSPS) is 10.8. The van der Waals surface area contributed by atoms with Crippen molar-refractivity contribution in [3.8, 4) is 5.75 Å². The highest BCUT2D eigenvalue weighted by Crippen LogP contribution is 2.18. The van der Waals surface area contributed by atoms with Gasteiger partial charge in [0.1, 0.15) is 5.75 Å². The Morgan fingerprint density at radius 3 is 2.72 bits per heavy atom. The molecule has 18 heavy (non-hydrogen) atoms. The lowest BCUT2D eigenvalue weighted by atomic mass is 10.2. The second kappa shape index (κ2) is 6.01. The summed E-state index contributed by atoms with van der Waals surface area (Å²) in [5.41, 5.74) is 3.22. The van der Waals surface area contributed by atoms with Gasteiger partial charge in [-0.25, -0.2) is 0 Å². The Hall–Kier alpha value is -2.09. The summed E-state index contributed by atoms with van der Waals surface area (Å²) >= 11 is 0. The largest absolute Gasteiger partial charge is 0.494 e. The van der Waals surface area contributed by atoms with Crippen molar-refractivity contribution in [2.45, 2.75) is 13.8 Å². The van der Waals surface area contributed by atoms with E-state index in [9.17, 15) is 0 Å². The Bertz CT molecular complexity index is 546. The molecule has 0 aromatic heterocycles. The predicted molar refractivity (Wildman–Crippen MR) is 76.0 cm³/mol. The average molecular weight is 239 g/mol. The fraction of sp³-hybridized carbons (Fsp3) is 0.188. The van der Waals surface area contributed by atoms with Crippen molar-refractivity contribution in [3.05, 3.63) is 59.7 Å². The Morgan fingerprint density at radius 1 is 1.11 bits per heavy atom. The first-order chi connectivity index (χ1) is 8.79. The molecule has 0 aliphatic rings. The molecule has 0 heterocycles. The summed E-state index contributed by atoms with van der Waals surface area (Å²) in [7, 11) is 0. The molecule has 0 unspecified atom stereocenters. The first-order valence-electron chi connectivity index (χ1n) is 6.12. The smallest absolute Gasteiger partial charge is 0.119 e. The molecule has 0 atom stereocenters. The summed E-state index contributed by atoms with van der Waals surface area (Å²) in [6.07, 6.45) is 1.87.